The third-order valence-corrected chi connectivity index (χ3v) is 9.82. The van der Waals surface area contributed by atoms with E-state index in [9.17, 15) is 33.9 Å². The maximum absolute atomic E-state index is 13.1. The molecule has 0 saturated heterocycles. The van der Waals surface area contributed by atoms with Crippen LogP contribution in [0, 0.1) is 0 Å². The van der Waals surface area contributed by atoms with Crippen molar-refractivity contribution in [2.24, 2.45) is 17.2 Å². The number of amides is 2. The van der Waals surface area contributed by atoms with Gasteiger partial charge in [0, 0.05) is 17.7 Å². The Balaban J connectivity index is 0.00000120. The minimum Gasteiger partial charge on any atom is -0.478 e. The zero-order chi connectivity index (χ0) is 41.1. The minimum atomic E-state index is -1.02. The van der Waals surface area contributed by atoms with Crippen molar-refractivity contribution < 1.29 is 33.9 Å². The molecule has 54 heavy (non-hydrogen) atoms. The molecule has 2 amide bonds. The number of ketones is 3. The average Bonchev–Trinajstić information content (AvgIpc) is 3.13. The SMILES string of the molecule is CNC(CCCCN)C(=O)C(C)(C)NC(CCCCNC(=O)C1=C(C(=O)O)CCCC1)C(C)=O.CNC(CCCCN)C(=O)NC(CCCCN)C(C)=O. The van der Waals surface area contributed by atoms with Crippen LogP contribution in [-0.2, 0) is 28.8 Å². The van der Waals surface area contributed by atoms with Crippen molar-refractivity contribution in [2.75, 3.05) is 40.3 Å². The van der Waals surface area contributed by atoms with Crippen LogP contribution in [-0.4, -0.2) is 110 Å². The summed E-state index contributed by atoms with van der Waals surface area (Å²) in [6.07, 6.45) is 11.7. The van der Waals surface area contributed by atoms with E-state index >= 15 is 0 Å². The Morgan fingerprint density at radius 1 is 0.648 bits per heavy atom. The van der Waals surface area contributed by atoms with Crippen LogP contribution in [0.25, 0.3) is 0 Å². The Hall–Kier alpha value is -3.08. The summed E-state index contributed by atoms with van der Waals surface area (Å²) < 4.78 is 0. The Bertz CT molecular complexity index is 1190. The summed E-state index contributed by atoms with van der Waals surface area (Å²) in [5.74, 6) is -1.47. The van der Waals surface area contributed by atoms with Gasteiger partial charge in [-0.25, -0.2) is 4.79 Å². The lowest BCUT2D eigenvalue weighted by atomic mass is 9.88. The van der Waals surface area contributed by atoms with Gasteiger partial charge in [0.25, 0.3) is 0 Å². The largest absolute Gasteiger partial charge is 0.478 e. The Kier molecular flexibility index (Phi) is 27.6. The molecular formula is C39H74N8O7. The number of carboxylic acid groups (broad SMARTS) is 1. The highest BCUT2D eigenvalue weighted by atomic mass is 16.4. The van der Waals surface area contributed by atoms with Gasteiger partial charge in [0.05, 0.1) is 29.7 Å². The molecule has 1 aliphatic rings. The molecule has 4 atom stereocenters. The lowest BCUT2D eigenvalue weighted by molar-refractivity contribution is -0.133. The van der Waals surface area contributed by atoms with E-state index in [1.807, 2.05) is 0 Å². The molecular weight excluding hydrogens is 692 g/mol. The molecule has 0 aliphatic heterocycles. The van der Waals surface area contributed by atoms with E-state index in [1.165, 1.54) is 13.8 Å². The molecule has 15 nitrogen and oxygen atoms in total. The third kappa shape index (κ3) is 20.6. The van der Waals surface area contributed by atoms with E-state index in [4.69, 9.17) is 17.2 Å². The molecule has 0 saturated carbocycles. The van der Waals surface area contributed by atoms with Crippen molar-refractivity contribution in [2.45, 2.75) is 160 Å². The summed E-state index contributed by atoms with van der Waals surface area (Å²) >= 11 is 0. The summed E-state index contributed by atoms with van der Waals surface area (Å²) in [5.41, 5.74) is 16.2. The van der Waals surface area contributed by atoms with Crippen LogP contribution in [0.2, 0.25) is 0 Å². The number of nitrogens with one attached hydrogen (secondary N) is 5. The number of hydrogen-bond donors (Lipinski definition) is 9. The van der Waals surface area contributed by atoms with Gasteiger partial charge in [-0.3, -0.25) is 29.3 Å². The zero-order valence-corrected chi connectivity index (χ0v) is 34.1. The maximum atomic E-state index is 13.1. The molecule has 0 heterocycles. The predicted octanol–water partition coefficient (Wildman–Crippen LogP) is 1.75. The van der Waals surface area contributed by atoms with Crippen LogP contribution in [0.3, 0.4) is 0 Å². The first kappa shape index (κ1) is 50.9. The molecule has 0 fully saturated rings. The number of nitrogens with two attached hydrogens (primary N) is 3. The number of carbonyl (C=O) groups is 6. The van der Waals surface area contributed by atoms with Crippen LogP contribution in [0.5, 0.6) is 0 Å². The van der Waals surface area contributed by atoms with E-state index in [-0.39, 0.29) is 46.8 Å². The number of rotatable bonds is 29. The Morgan fingerprint density at radius 3 is 1.56 bits per heavy atom. The van der Waals surface area contributed by atoms with Crippen molar-refractivity contribution in [1.29, 1.82) is 0 Å². The quantitative estimate of drug-likeness (QED) is 0.0492. The van der Waals surface area contributed by atoms with Gasteiger partial charge in [-0.15, -0.1) is 0 Å². The van der Waals surface area contributed by atoms with Crippen LogP contribution in [0.15, 0.2) is 11.1 Å². The van der Waals surface area contributed by atoms with Gasteiger partial charge >= 0.3 is 5.97 Å². The second-order valence-electron chi connectivity index (χ2n) is 14.7. The molecule has 0 aromatic rings. The molecule has 1 rings (SSSR count). The second-order valence-corrected chi connectivity index (χ2v) is 14.7. The van der Waals surface area contributed by atoms with Crippen LogP contribution < -0.4 is 43.8 Å². The number of likely N-dealkylation sites (N-methyl/N-ethyl adjacent to an activating group) is 2. The number of hydrogen-bond acceptors (Lipinski definition) is 12. The van der Waals surface area contributed by atoms with Gasteiger partial charge < -0.3 is 43.6 Å². The summed E-state index contributed by atoms with van der Waals surface area (Å²) in [5, 5.41) is 24.3. The number of Topliss-reactive ketones (excluding diaryl/α,β-unsaturated/α-hetero) is 3. The molecule has 12 N–H and O–H groups in total. The first-order chi connectivity index (χ1) is 25.6. The minimum absolute atomic E-state index is 0.00724. The van der Waals surface area contributed by atoms with Crippen LogP contribution in [0.1, 0.15) is 130 Å². The van der Waals surface area contributed by atoms with E-state index in [2.05, 4.69) is 26.6 Å². The fourth-order valence-corrected chi connectivity index (χ4v) is 6.43. The van der Waals surface area contributed by atoms with E-state index < -0.39 is 23.6 Å². The van der Waals surface area contributed by atoms with Crippen molar-refractivity contribution >= 4 is 35.1 Å². The molecule has 0 radical (unpaired) electrons. The molecule has 0 spiro atoms. The summed E-state index contributed by atoms with van der Waals surface area (Å²) in [4.78, 5) is 72.8. The first-order valence-corrected chi connectivity index (χ1v) is 19.9. The van der Waals surface area contributed by atoms with Crippen LogP contribution in [0.4, 0.5) is 0 Å². The summed E-state index contributed by atoms with van der Waals surface area (Å²) in [6.45, 7) is 8.87. The van der Waals surface area contributed by atoms with E-state index in [1.54, 1.807) is 27.9 Å². The van der Waals surface area contributed by atoms with Gasteiger partial charge in [-0.2, -0.15) is 0 Å². The smallest absolute Gasteiger partial charge is 0.332 e. The third-order valence-electron chi connectivity index (χ3n) is 9.82. The summed E-state index contributed by atoms with van der Waals surface area (Å²) in [6, 6.07) is -1.44. The van der Waals surface area contributed by atoms with Crippen molar-refractivity contribution in [3.8, 4) is 0 Å². The highest BCUT2D eigenvalue weighted by Crippen LogP contribution is 2.25. The normalized spacial score (nSPS) is 15.3. The van der Waals surface area contributed by atoms with Gasteiger partial charge in [-0.05, 0) is 151 Å². The highest BCUT2D eigenvalue weighted by molar-refractivity contribution is 6.02. The standard InChI is InChI=1S/C25H44N4O5.C14H30N4O2/c1-17(30)20(29-25(2,3)22(31)21(27-4)14-7-9-15-26)13-8-10-16-28-23(32)18-11-5-6-12-19(18)24(33)34;1-11(19)12(7-3-5-9-15)18-14(20)13(17-2)8-4-6-10-16/h20-21,27,29H,5-16,26H2,1-4H3,(H,28,32)(H,33,34);12-13,17H,3-10,15-16H2,1-2H3,(H,18,20). The summed E-state index contributed by atoms with van der Waals surface area (Å²) in [7, 11) is 3.52. The van der Waals surface area contributed by atoms with E-state index in [0.717, 1.165) is 57.8 Å². The first-order valence-electron chi connectivity index (χ1n) is 19.9. The lowest BCUT2D eigenvalue weighted by Gasteiger charge is -2.33. The van der Waals surface area contributed by atoms with Crippen molar-refractivity contribution in [3.63, 3.8) is 0 Å². The van der Waals surface area contributed by atoms with Crippen molar-refractivity contribution in [1.82, 2.24) is 26.6 Å². The lowest BCUT2D eigenvalue weighted by Crippen LogP contribution is -2.58. The van der Waals surface area contributed by atoms with E-state index in [0.29, 0.717) is 76.7 Å². The monoisotopic (exact) mass is 767 g/mol. The number of unbranched alkanes of at least 4 members (excludes halogenated alkanes) is 4. The fourth-order valence-electron chi connectivity index (χ4n) is 6.43. The fraction of sp³-hybridized carbons (Fsp3) is 0.795. The van der Waals surface area contributed by atoms with Gasteiger partial charge in [0.1, 0.15) is 5.78 Å². The Morgan fingerprint density at radius 2 is 1.09 bits per heavy atom. The van der Waals surface area contributed by atoms with Gasteiger partial charge in [0.15, 0.2) is 11.6 Å². The highest BCUT2D eigenvalue weighted by Gasteiger charge is 2.35. The van der Waals surface area contributed by atoms with Gasteiger partial charge in [0.2, 0.25) is 11.8 Å². The predicted molar refractivity (Wildman–Crippen MR) is 214 cm³/mol. The molecule has 312 valence electrons. The number of aliphatic carboxylic acids is 1. The average molecular weight is 767 g/mol. The van der Waals surface area contributed by atoms with Crippen molar-refractivity contribution in [3.05, 3.63) is 11.1 Å². The second kappa shape index (κ2) is 29.2. The van der Waals surface area contributed by atoms with Crippen LogP contribution >= 0.6 is 0 Å². The molecule has 0 aromatic carbocycles. The number of carboxylic acids is 1. The number of carbonyl (C=O) groups excluding carboxylic acids is 5. The maximum Gasteiger partial charge on any atom is 0.332 e. The molecule has 0 aromatic heterocycles. The molecule has 0 bridgehead atoms. The Labute approximate surface area is 323 Å². The topological polar surface area (TPSA) is 261 Å². The molecule has 4 unspecified atom stereocenters. The van der Waals surface area contributed by atoms with Gasteiger partial charge in [-0.1, -0.05) is 12.8 Å². The molecule has 1 aliphatic carbocycles. The molecule has 15 heteroatoms. The zero-order valence-electron chi connectivity index (χ0n) is 34.1.